The number of nitrogens with zero attached hydrogens (tertiary/aromatic N) is 1. The van der Waals surface area contributed by atoms with E-state index in [1.807, 2.05) is 39.0 Å². The van der Waals surface area contributed by atoms with Crippen molar-refractivity contribution in [1.29, 1.82) is 0 Å². The van der Waals surface area contributed by atoms with Crippen LogP contribution in [0.25, 0.3) is 0 Å². The lowest BCUT2D eigenvalue weighted by Gasteiger charge is -2.18. The molecule has 174 valence electrons. The Morgan fingerprint density at radius 1 is 1.00 bits per heavy atom. The van der Waals surface area contributed by atoms with E-state index in [-0.39, 0.29) is 17.7 Å². The second kappa shape index (κ2) is 10.8. The number of amides is 1. The highest BCUT2D eigenvalue weighted by atomic mass is 32.2. The van der Waals surface area contributed by atoms with E-state index >= 15 is 0 Å². The summed E-state index contributed by atoms with van der Waals surface area (Å²) in [7, 11) is -3.31. The van der Waals surface area contributed by atoms with Crippen LogP contribution in [0.4, 0.5) is 0 Å². The maximum atomic E-state index is 12.7. The van der Waals surface area contributed by atoms with Crippen LogP contribution in [0.2, 0.25) is 0 Å². The summed E-state index contributed by atoms with van der Waals surface area (Å²) in [5.41, 5.74) is 2.06. The molecule has 2 aromatic rings. The molecule has 1 aliphatic rings. The number of carbonyl (C=O) groups is 1. The number of hydrogen-bond acceptors (Lipinski definition) is 5. The van der Waals surface area contributed by atoms with Gasteiger partial charge in [0, 0.05) is 18.7 Å². The molecule has 1 atom stereocenters. The number of hydrogen-bond donors (Lipinski definition) is 1. The first-order valence-corrected chi connectivity index (χ1v) is 12.7. The van der Waals surface area contributed by atoms with Crippen LogP contribution in [-0.2, 0) is 15.8 Å². The van der Waals surface area contributed by atoms with Crippen LogP contribution in [0, 0.1) is 0 Å². The molecule has 1 amide bonds. The normalized spacial score (nSPS) is 15.3. The third-order valence-corrected chi connectivity index (χ3v) is 7.29. The Morgan fingerprint density at radius 2 is 1.62 bits per heavy atom. The van der Waals surface area contributed by atoms with Gasteiger partial charge in [-0.15, -0.1) is 0 Å². The fourth-order valence-electron chi connectivity index (χ4n) is 3.72. The molecule has 0 unspecified atom stereocenters. The zero-order valence-corrected chi connectivity index (χ0v) is 19.8. The summed E-state index contributed by atoms with van der Waals surface area (Å²) in [6, 6.07) is 12.1. The van der Waals surface area contributed by atoms with E-state index in [1.54, 1.807) is 28.6 Å². The summed E-state index contributed by atoms with van der Waals surface area (Å²) in [6.45, 7) is 7.98. The van der Waals surface area contributed by atoms with E-state index in [0.29, 0.717) is 48.9 Å². The molecule has 1 saturated heterocycles. The van der Waals surface area contributed by atoms with Gasteiger partial charge in [-0.1, -0.05) is 18.2 Å². The van der Waals surface area contributed by atoms with Crippen molar-refractivity contribution >= 4 is 15.9 Å². The maximum Gasteiger partial charge on any atom is 0.251 e. The number of rotatable bonds is 10. The van der Waals surface area contributed by atoms with Crippen molar-refractivity contribution in [1.82, 2.24) is 9.62 Å². The van der Waals surface area contributed by atoms with E-state index < -0.39 is 10.0 Å². The molecule has 0 aliphatic carbocycles. The quantitative estimate of drug-likeness (QED) is 0.581. The number of sulfonamides is 1. The molecule has 7 nitrogen and oxygen atoms in total. The number of carbonyl (C=O) groups excluding carboxylic acids is 1. The lowest BCUT2D eigenvalue weighted by atomic mass is 10.1. The van der Waals surface area contributed by atoms with Crippen LogP contribution in [0.15, 0.2) is 42.5 Å². The molecular weight excluding hydrogens is 428 g/mol. The molecular formula is C24H32N2O5S. The highest BCUT2D eigenvalue weighted by molar-refractivity contribution is 7.88. The summed E-state index contributed by atoms with van der Waals surface area (Å²) in [5.74, 6) is 1.06. The fourth-order valence-corrected chi connectivity index (χ4v) is 5.33. The van der Waals surface area contributed by atoms with Crippen molar-refractivity contribution in [2.45, 2.75) is 45.4 Å². The van der Waals surface area contributed by atoms with Crippen molar-refractivity contribution in [3.05, 3.63) is 59.2 Å². The molecule has 3 rings (SSSR count). The fraction of sp³-hybridized carbons (Fsp3) is 0.458. The average Bonchev–Trinajstić information content (AvgIpc) is 3.31. The Balaban J connectivity index is 1.64. The minimum absolute atomic E-state index is 0.0440. The molecule has 1 heterocycles. The first kappa shape index (κ1) is 24.1. The van der Waals surface area contributed by atoms with Crippen LogP contribution in [0.1, 0.15) is 61.1 Å². The predicted molar refractivity (Wildman–Crippen MR) is 125 cm³/mol. The van der Waals surface area contributed by atoms with Gasteiger partial charge in [-0.25, -0.2) is 12.7 Å². The third-order valence-electron chi connectivity index (χ3n) is 5.44. The van der Waals surface area contributed by atoms with Gasteiger partial charge in [-0.2, -0.15) is 0 Å². The Hall–Kier alpha value is -2.58. The SMILES string of the molecule is CCOc1ccc([C@@H](C)NC(=O)c2ccc(CS(=O)(=O)N3CCCC3)cc2)cc1OCC. The first-order chi connectivity index (χ1) is 15.3. The summed E-state index contributed by atoms with van der Waals surface area (Å²) >= 11 is 0. The van der Waals surface area contributed by atoms with Gasteiger partial charge < -0.3 is 14.8 Å². The molecule has 8 heteroatoms. The van der Waals surface area contributed by atoms with E-state index in [1.165, 1.54) is 0 Å². The van der Waals surface area contributed by atoms with Gasteiger partial charge in [0.1, 0.15) is 0 Å². The number of benzene rings is 2. The first-order valence-electron chi connectivity index (χ1n) is 11.1. The van der Waals surface area contributed by atoms with Gasteiger partial charge in [0.05, 0.1) is 25.0 Å². The van der Waals surface area contributed by atoms with Gasteiger partial charge in [-0.3, -0.25) is 4.79 Å². The summed E-state index contributed by atoms with van der Waals surface area (Å²) in [5, 5.41) is 2.98. The Bertz CT molecular complexity index is 1020. The standard InChI is InChI=1S/C24H32N2O5S/c1-4-30-22-13-12-21(16-23(22)31-5-2)18(3)25-24(27)20-10-8-19(9-11-20)17-32(28,29)26-14-6-7-15-26/h8-13,16,18H,4-7,14-15,17H2,1-3H3,(H,25,27)/t18-/m1/s1. The molecule has 0 radical (unpaired) electrons. The van der Waals surface area contributed by atoms with Crippen molar-refractivity contribution in [3.63, 3.8) is 0 Å². The van der Waals surface area contributed by atoms with E-state index in [9.17, 15) is 13.2 Å². The molecule has 0 saturated carbocycles. The van der Waals surface area contributed by atoms with Crippen LogP contribution in [0.3, 0.4) is 0 Å². The van der Waals surface area contributed by atoms with Gasteiger partial charge in [-0.05, 0) is 69.0 Å². The highest BCUT2D eigenvalue weighted by Crippen LogP contribution is 2.31. The number of ether oxygens (including phenoxy) is 2. The monoisotopic (exact) mass is 460 g/mol. The average molecular weight is 461 g/mol. The molecule has 0 spiro atoms. The van der Waals surface area contributed by atoms with E-state index in [0.717, 1.165) is 18.4 Å². The van der Waals surface area contributed by atoms with Gasteiger partial charge in [0.2, 0.25) is 10.0 Å². The largest absolute Gasteiger partial charge is 0.490 e. The van der Waals surface area contributed by atoms with Crippen LogP contribution < -0.4 is 14.8 Å². The zero-order valence-electron chi connectivity index (χ0n) is 19.0. The molecule has 0 aromatic heterocycles. The van der Waals surface area contributed by atoms with Gasteiger partial charge >= 0.3 is 0 Å². The Morgan fingerprint density at radius 3 is 2.25 bits per heavy atom. The lowest BCUT2D eigenvalue weighted by molar-refractivity contribution is 0.0939. The minimum Gasteiger partial charge on any atom is -0.490 e. The molecule has 0 bridgehead atoms. The van der Waals surface area contributed by atoms with E-state index in [4.69, 9.17) is 9.47 Å². The minimum atomic E-state index is -3.31. The van der Waals surface area contributed by atoms with Crippen LogP contribution in [0.5, 0.6) is 11.5 Å². The third kappa shape index (κ3) is 6.01. The van der Waals surface area contributed by atoms with Gasteiger partial charge in [0.25, 0.3) is 5.91 Å². The maximum absolute atomic E-state index is 12.7. The molecule has 1 aliphatic heterocycles. The summed E-state index contributed by atoms with van der Waals surface area (Å²) in [6.07, 6.45) is 1.83. The number of nitrogens with one attached hydrogen (secondary N) is 1. The van der Waals surface area contributed by atoms with Crippen molar-refractivity contribution in [2.75, 3.05) is 26.3 Å². The Labute approximate surface area is 190 Å². The van der Waals surface area contributed by atoms with Crippen molar-refractivity contribution in [2.24, 2.45) is 0 Å². The van der Waals surface area contributed by atoms with Gasteiger partial charge in [0.15, 0.2) is 11.5 Å². The zero-order chi connectivity index (χ0) is 23.1. The highest BCUT2D eigenvalue weighted by Gasteiger charge is 2.25. The van der Waals surface area contributed by atoms with Crippen molar-refractivity contribution in [3.8, 4) is 11.5 Å². The van der Waals surface area contributed by atoms with Crippen molar-refractivity contribution < 1.29 is 22.7 Å². The topological polar surface area (TPSA) is 84.9 Å². The molecule has 1 N–H and O–H groups in total. The second-order valence-electron chi connectivity index (χ2n) is 7.83. The smallest absolute Gasteiger partial charge is 0.251 e. The lowest BCUT2D eigenvalue weighted by Crippen LogP contribution is -2.29. The van der Waals surface area contributed by atoms with Crippen LogP contribution >= 0.6 is 0 Å². The second-order valence-corrected chi connectivity index (χ2v) is 9.80. The molecule has 1 fully saturated rings. The predicted octanol–water partition coefficient (Wildman–Crippen LogP) is 3.90. The van der Waals surface area contributed by atoms with Crippen LogP contribution in [-0.4, -0.2) is 44.9 Å². The molecule has 32 heavy (non-hydrogen) atoms. The Kier molecular flexibility index (Phi) is 8.15. The molecule has 2 aromatic carbocycles. The van der Waals surface area contributed by atoms with E-state index in [2.05, 4.69) is 5.32 Å². The summed E-state index contributed by atoms with van der Waals surface area (Å²) < 4.78 is 37.8. The summed E-state index contributed by atoms with van der Waals surface area (Å²) in [4.78, 5) is 12.7.